The van der Waals surface area contributed by atoms with Gasteiger partial charge >= 0.3 is 0 Å². The molecule has 0 aliphatic rings. The quantitative estimate of drug-likeness (QED) is 0.769. The molecule has 0 bridgehead atoms. The molecule has 4 nitrogen and oxygen atoms in total. The van der Waals surface area contributed by atoms with Gasteiger partial charge in [0.25, 0.3) is 0 Å². The van der Waals surface area contributed by atoms with Crippen LogP contribution in [-0.2, 0) is 4.79 Å². The average molecular weight is 296 g/mol. The molecule has 0 fully saturated rings. The van der Waals surface area contributed by atoms with E-state index in [1.165, 1.54) is 0 Å². The lowest BCUT2D eigenvalue weighted by molar-refractivity contribution is -0.119. The Kier molecular flexibility index (Phi) is 5.60. The highest BCUT2D eigenvalue weighted by Crippen LogP contribution is 2.29. The number of anilines is 1. The minimum atomic E-state index is -0.0924. The first kappa shape index (κ1) is 15.6. The van der Waals surface area contributed by atoms with Crippen LogP contribution < -0.4 is 15.4 Å². The van der Waals surface area contributed by atoms with E-state index in [1.54, 1.807) is 6.08 Å². The van der Waals surface area contributed by atoms with Crippen molar-refractivity contribution in [3.63, 3.8) is 0 Å². The predicted octanol–water partition coefficient (Wildman–Crippen LogP) is 3.50. The van der Waals surface area contributed by atoms with Crippen molar-refractivity contribution >= 4 is 11.6 Å². The molecule has 0 aromatic heterocycles. The predicted molar refractivity (Wildman–Crippen MR) is 89.4 cm³/mol. The number of carbonyl (C=O) groups is 1. The van der Waals surface area contributed by atoms with Gasteiger partial charge < -0.3 is 15.4 Å². The fourth-order valence-electron chi connectivity index (χ4n) is 1.93. The number of rotatable bonds is 7. The van der Waals surface area contributed by atoms with Gasteiger partial charge in [-0.15, -0.1) is 6.58 Å². The Morgan fingerprint density at radius 3 is 2.82 bits per heavy atom. The molecular formula is C18H20N2O2. The lowest BCUT2D eigenvalue weighted by atomic mass is 10.2. The highest BCUT2D eigenvalue weighted by molar-refractivity contribution is 5.81. The summed E-state index contributed by atoms with van der Waals surface area (Å²) in [6, 6.07) is 15.4. The van der Waals surface area contributed by atoms with E-state index in [1.807, 2.05) is 55.5 Å². The van der Waals surface area contributed by atoms with E-state index in [9.17, 15) is 4.79 Å². The van der Waals surface area contributed by atoms with Gasteiger partial charge in [-0.2, -0.15) is 0 Å². The number of carbonyl (C=O) groups excluding carboxylic acids is 1. The second-order valence-electron chi connectivity index (χ2n) is 4.86. The van der Waals surface area contributed by atoms with Crippen molar-refractivity contribution in [3.05, 3.63) is 66.7 Å². The molecule has 2 rings (SSSR count). The van der Waals surface area contributed by atoms with Gasteiger partial charge in [0.15, 0.2) is 5.75 Å². The maximum atomic E-state index is 11.6. The fraction of sp³-hybridized carbons (Fsp3) is 0.167. The van der Waals surface area contributed by atoms with Crippen molar-refractivity contribution < 1.29 is 9.53 Å². The normalized spacial score (nSPS) is 9.86. The third kappa shape index (κ3) is 4.66. The number of benzene rings is 2. The maximum Gasteiger partial charge on any atom is 0.239 e. The average Bonchev–Trinajstić information content (AvgIpc) is 2.52. The van der Waals surface area contributed by atoms with Gasteiger partial charge in [0.1, 0.15) is 5.75 Å². The van der Waals surface area contributed by atoms with Gasteiger partial charge in [-0.25, -0.2) is 0 Å². The Morgan fingerprint density at radius 2 is 2.05 bits per heavy atom. The Morgan fingerprint density at radius 1 is 1.23 bits per heavy atom. The molecule has 1 amide bonds. The van der Waals surface area contributed by atoms with Crippen molar-refractivity contribution in [2.75, 3.05) is 18.4 Å². The molecule has 0 atom stereocenters. The minimum absolute atomic E-state index is 0.0924. The second-order valence-corrected chi connectivity index (χ2v) is 4.86. The zero-order chi connectivity index (χ0) is 15.8. The van der Waals surface area contributed by atoms with Crippen LogP contribution in [0, 0.1) is 6.92 Å². The summed E-state index contributed by atoms with van der Waals surface area (Å²) in [7, 11) is 0. The van der Waals surface area contributed by atoms with Gasteiger partial charge in [0, 0.05) is 6.54 Å². The summed E-state index contributed by atoms with van der Waals surface area (Å²) in [4.78, 5) is 11.6. The van der Waals surface area contributed by atoms with E-state index in [4.69, 9.17) is 4.74 Å². The number of ether oxygens (including phenoxy) is 1. The Balaban J connectivity index is 2.03. The van der Waals surface area contributed by atoms with Crippen LogP contribution in [0.5, 0.6) is 11.5 Å². The fourth-order valence-corrected chi connectivity index (χ4v) is 1.93. The standard InChI is InChI=1S/C18H20N2O2/c1-3-11-19-18(21)13-20-16-9-4-5-10-17(16)22-15-8-6-7-14(2)12-15/h3-10,12,20H,1,11,13H2,2H3,(H,19,21). The molecule has 22 heavy (non-hydrogen) atoms. The van der Waals surface area contributed by atoms with Crippen molar-refractivity contribution in [2.45, 2.75) is 6.92 Å². The van der Waals surface area contributed by atoms with Crippen LogP contribution >= 0.6 is 0 Å². The van der Waals surface area contributed by atoms with Crippen LogP contribution in [0.25, 0.3) is 0 Å². The third-order valence-corrected chi connectivity index (χ3v) is 2.99. The van der Waals surface area contributed by atoms with E-state index in [-0.39, 0.29) is 12.5 Å². The van der Waals surface area contributed by atoms with Crippen molar-refractivity contribution in [3.8, 4) is 11.5 Å². The van der Waals surface area contributed by atoms with Crippen LogP contribution in [0.15, 0.2) is 61.2 Å². The Bertz CT molecular complexity index is 653. The summed E-state index contributed by atoms with van der Waals surface area (Å²) in [5, 5.41) is 5.80. The molecule has 0 aliphatic carbocycles. The molecule has 0 saturated heterocycles. The molecule has 0 spiro atoms. The summed E-state index contributed by atoms with van der Waals surface area (Å²) in [6.45, 7) is 6.22. The smallest absolute Gasteiger partial charge is 0.239 e. The molecule has 0 aliphatic heterocycles. The number of nitrogens with one attached hydrogen (secondary N) is 2. The van der Waals surface area contributed by atoms with Crippen molar-refractivity contribution in [1.82, 2.24) is 5.32 Å². The summed E-state index contributed by atoms with van der Waals surface area (Å²) in [6.07, 6.45) is 1.65. The minimum Gasteiger partial charge on any atom is -0.455 e. The summed E-state index contributed by atoms with van der Waals surface area (Å²) >= 11 is 0. The maximum absolute atomic E-state index is 11.6. The summed E-state index contributed by atoms with van der Waals surface area (Å²) < 4.78 is 5.89. The van der Waals surface area contributed by atoms with Crippen LogP contribution in [0.3, 0.4) is 0 Å². The first-order chi connectivity index (χ1) is 10.7. The number of hydrogen-bond acceptors (Lipinski definition) is 3. The molecule has 2 aromatic rings. The van der Waals surface area contributed by atoms with Gasteiger partial charge in [-0.1, -0.05) is 30.3 Å². The Labute approximate surface area is 130 Å². The number of amides is 1. The van der Waals surface area contributed by atoms with Gasteiger partial charge in [0.2, 0.25) is 5.91 Å². The highest BCUT2D eigenvalue weighted by Gasteiger charge is 2.06. The zero-order valence-electron chi connectivity index (χ0n) is 12.6. The van der Waals surface area contributed by atoms with E-state index in [2.05, 4.69) is 17.2 Å². The van der Waals surface area contributed by atoms with Crippen molar-refractivity contribution in [1.29, 1.82) is 0 Å². The third-order valence-electron chi connectivity index (χ3n) is 2.99. The number of para-hydroxylation sites is 2. The molecule has 0 heterocycles. The lowest BCUT2D eigenvalue weighted by Gasteiger charge is -2.13. The zero-order valence-corrected chi connectivity index (χ0v) is 12.6. The van der Waals surface area contributed by atoms with Crippen LogP contribution in [-0.4, -0.2) is 19.0 Å². The van der Waals surface area contributed by atoms with Crippen LogP contribution in [0.1, 0.15) is 5.56 Å². The van der Waals surface area contributed by atoms with E-state index < -0.39 is 0 Å². The monoisotopic (exact) mass is 296 g/mol. The molecule has 2 N–H and O–H groups in total. The molecule has 0 unspecified atom stereocenters. The molecule has 114 valence electrons. The number of aryl methyl sites for hydroxylation is 1. The molecule has 2 aromatic carbocycles. The number of hydrogen-bond donors (Lipinski definition) is 2. The van der Waals surface area contributed by atoms with Gasteiger partial charge in [-0.05, 0) is 36.8 Å². The van der Waals surface area contributed by atoms with Crippen LogP contribution in [0.4, 0.5) is 5.69 Å². The van der Waals surface area contributed by atoms with E-state index in [0.29, 0.717) is 12.3 Å². The second kappa shape index (κ2) is 7.88. The molecule has 4 heteroatoms. The lowest BCUT2D eigenvalue weighted by Crippen LogP contribution is -2.29. The van der Waals surface area contributed by atoms with Gasteiger partial charge in [-0.3, -0.25) is 4.79 Å². The molecular weight excluding hydrogens is 276 g/mol. The SMILES string of the molecule is C=CCNC(=O)CNc1ccccc1Oc1cccc(C)c1. The largest absolute Gasteiger partial charge is 0.455 e. The first-order valence-corrected chi connectivity index (χ1v) is 7.14. The summed E-state index contributed by atoms with van der Waals surface area (Å²) in [5.41, 5.74) is 1.91. The summed E-state index contributed by atoms with van der Waals surface area (Å²) in [5.74, 6) is 1.36. The Hall–Kier alpha value is -2.75. The van der Waals surface area contributed by atoms with Crippen molar-refractivity contribution in [2.24, 2.45) is 0 Å². The van der Waals surface area contributed by atoms with Crippen LogP contribution in [0.2, 0.25) is 0 Å². The van der Waals surface area contributed by atoms with E-state index >= 15 is 0 Å². The first-order valence-electron chi connectivity index (χ1n) is 7.14. The molecule has 0 radical (unpaired) electrons. The van der Waals surface area contributed by atoms with Gasteiger partial charge in [0.05, 0.1) is 12.2 Å². The van der Waals surface area contributed by atoms with E-state index in [0.717, 1.165) is 17.0 Å². The highest BCUT2D eigenvalue weighted by atomic mass is 16.5. The molecule has 0 saturated carbocycles. The topological polar surface area (TPSA) is 50.4 Å².